The molecule has 0 saturated carbocycles. The van der Waals surface area contributed by atoms with Crippen LogP contribution in [0.5, 0.6) is 0 Å². The van der Waals surface area contributed by atoms with Crippen molar-refractivity contribution >= 4 is 5.91 Å². The molecule has 1 fully saturated rings. The Morgan fingerprint density at radius 1 is 0.516 bits per heavy atom. The van der Waals surface area contributed by atoms with Crippen molar-refractivity contribution in [2.24, 2.45) is 0 Å². The molecule has 9 heteroatoms. The largest absolute Gasteiger partial charge is 0.394 e. The van der Waals surface area contributed by atoms with Gasteiger partial charge in [-0.2, -0.15) is 0 Å². The molecule has 0 bridgehead atoms. The second kappa shape index (κ2) is 42.6. The van der Waals surface area contributed by atoms with Crippen LogP contribution < -0.4 is 5.32 Å². The molecule has 62 heavy (non-hydrogen) atoms. The van der Waals surface area contributed by atoms with Crippen LogP contribution in [0.1, 0.15) is 264 Å². The molecule has 0 aliphatic carbocycles. The van der Waals surface area contributed by atoms with Gasteiger partial charge in [-0.25, -0.2) is 0 Å². The molecule has 6 unspecified atom stereocenters. The Bertz CT molecular complexity index is 997. The molecule has 1 saturated heterocycles. The molecule has 8 atom stereocenters. The number of ether oxygens (including phenoxy) is 1. The minimum Gasteiger partial charge on any atom is -0.394 e. The van der Waals surface area contributed by atoms with Gasteiger partial charge in [0.25, 0.3) is 0 Å². The molecule has 1 aliphatic rings. The number of unbranched alkanes of at least 4 members (excludes halogenated alkanes) is 33. The first-order valence-corrected chi connectivity index (χ1v) is 26.9. The van der Waals surface area contributed by atoms with Crippen molar-refractivity contribution in [1.29, 1.82) is 0 Å². The summed E-state index contributed by atoms with van der Waals surface area (Å²) < 4.78 is 5.63. The molecule has 0 aromatic rings. The monoisotopic (exact) mass is 882 g/mol. The van der Waals surface area contributed by atoms with Gasteiger partial charge in [-0.1, -0.05) is 244 Å². The van der Waals surface area contributed by atoms with Crippen molar-refractivity contribution in [2.75, 3.05) is 6.61 Å². The molecule has 1 heterocycles. The van der Waals surface area contributed by atoms with Crippen molar-refractivity contribution < 1.29 is 40.2 Å². The zero-order chi connectivity index (χ0) is 45.3. The average molecular weight is 882 g/mol. The van der Waals surface area contributed by atoms with E-state index in [2.05, 4.69) is 19.2 Å². The smallest absolute Gasteiger partial charge is 0.220 e. The van der Waals surface area contributed by atoms with E-state index in [0.717, 1.165) is 38.5 Å². The molecule has 7 N–H and O–H groups in total. The molecule has 9 nitrogen and oxygen atoms in total. The van der Waals surface area contributed by atoms with Crippen LogP contribution in [0.15, 0.2) is 12.2 Å². The van der Waals surface area contributed by atoms with E-state index in [-0.39, 0.29) is 5.91 Å². The lowest BCUT2D eigenvalue weighted by molar-refractivity contribution is -0.230. The molecular weight excluding hydrogens is 779 g/mol. The predicted molar refractivity (Wildman–Crippen MR) is 258 cm³/mol. The first-order chi connectivity index (χ1) is 30.3. The maximum Gasteiger partial charge on any atom is 0.220 e. The van der Waals surface area contributed by atoms with E-state index in [1.807, 2.05) is 0 Å². The fourth-order valence-electron chi connectivity index (χ4n) is 9.10. The summed E-state index contributed by atoms with van der Waals surface area (Å²) in [6.45, 7) is 4.06. The van der Waals surface area contributed by atoms with Gasteiger partial charge in [0.2, 0.25) is 5.91 Å². The van der Waals surface area contributed by atoms with Crippen LogP contribution in [0.2, 0.25) is 0 Å². The number of aliphatic hydroxyl groups is 6. The number of hydrogen-bond acceptors (Lipinski definition) is 8. The lowest BCUT2D eigenvalue weighted by atomic mass is 9.92. The van der Waals surface area contributed by atoms with Gasteiger partial charge in [0, 0.05) is 6.42 Å². The second-order valence-electron chi connectivity index (χ2n) is 19.2. The summed E-state index contributed by atoms with van der Waals surface area (Å²) in [5, 5.41) is 65.3. The van der Waals surface area contributed by atoms with Gasteiger partial charge in [-0.05, 0) is 25.7 Å². The van der Waals surface area contributed by atoms with E-state index in [4.69, 9.17) is 4.74 Å². The quantitative estimate of drug-likeness (QED) is 0.0235. The van der Waals surface area contributed by atoms with Crippen LogP contribution in [-0.2, 0) is 9.53 Å². The number of aliphatic hydroxyl groups excluding tert-OH is 6. The van der Waals surface area contributed by atoms with Crippen LogP contribution in [0.4, 0.5) is 0 Å². The number of rotatable bonds is 45. The van der Waals surface area contributed by atoms with E-state index in [0.29, 0.717) is 25.7 Å². The fraction of sp³-hybridized carbons (Fsp3) is 0.943. The highest BCUT2D eigenvalue weighted by Crippen LogP contribution is 2.25. The fourth-order valence-corrected chi connectivity index (χ4v) is 9.10. The van der Waals surface area contributed by atoms with E-state index in [1.54, 1.807) is 12.2 Å². The third-order valence-electron chi connectivity index (χ3n) is 13.4. The maximum absolute atomic E-state index is 13.1. The number of nitrogens with one attached hydrogen (secondary N) is 1. The molecule has 0 aromatic carbocycles. The van der Waals surface area contributed by atoms with Gasteiger partial charge in [-0.15, -0.1) is 0 Å². The van der Waals surface area contributed by atoms with Crippen molar-refractivity contribution in [3.63, 3.8) is 0 Å². The van der Waals surface area contributed by atoms with Crippen molar-refractivity contribution in [3.8, 4) is 0 Å². The minimum atomic E-state index is -1.42. The van der Waals surface area contributed by atoms with Crippen LogP contribution in [0.25, 0.3) is 0 Å². The summed E-state index contributed by atoms with van der Waals surface area (Å²) in [7, 11) is 0. The second-order valence-corrected chi connectivity index (χ2v) is 19.2. The third kappa shape index (κ3) is 31.7. The highest BCUT2D eigenvalue weighted by atomic mass is 16.5. The number of carbonyl (C=O) groups is 1. The molecule has 0 aromatic heterocycles. The third-order valence-corrected chi connectivity index (χ3v) is 13.4. The van der Waals surface area contributed by atoms with Gasteiger partial charge >= 0.3 is 0 Å². The maximum atomic E-state index is 13.1. The van der Waals surface area contributed by atoms with Gasteiger partial charge in [0.05, 0.1) is 24.9 Å². The number of hydrogen-bond donors (Lipinski definition) is 7. The molecule has 1 amide bonds. The summed E-state index contributed by atoms with van der Waals surface area (Å²) in [5.74, 6) is -0.145. The Hall–Kier alpha value is -1.07. The Morgan fingerprint density at radius 2 is 0.871 bits per heavy atom. The van der Waals surface area contributed by atoms with Crippen molar-refractivity contribution in [3.05, 3.63) is 12.2 Å². The normalized spacial score (nSPS) is 20.8. The zero-order valence-electron chi connectivity index (χ0n) is 40.6. The van der Waals surface area contributed by atoms with Crippen molar-refractivity contribution in [1.82, 2.24) is 5.32 Å². The van der Waals surface area contributed by atoms with Gasteiger partial charge in [0.15, 0.2) is 0 Å². The first kappa shape index (κ1) is 58.9. The summed E-state index contributed by atoms with van der Waals surface area (Å²) in [6, 6.07) is -0.769. The minimum absolute atomic E-state index is 0.145. The van der Waals surface area contributed by atoms with Crippen LogP contribution in [0, 0.1) is 0 Å². The van der Waals surface area contributed by atoms with E-state index < -0.39 is 55.4 Å². The summed E-state index contributed by atoms with van der Waals surface area (Å²) >= 11 is 0. The molecular formula is C53H103NO8. The van der Waals surface area contributed by atoms with Crippen LogP contribution >= 0.6 is 0 Å². The van der Waals surface area contributed by atoms with E-state index in [1.165, 1.54) is 186 Å². The number of allylic oxidation sites excluding steroid dienone is 1. The number of carbonyl (C=O) groups excluding carboxylic acids is 1. The zero-order valence-corrected chi connectivity index (χ0v) is 40.6. The van der Waals surface area contributed by atoms with E-state index in [9.17, 15) is 35.4 Å². The standard InChI is InChI=1S/C53H103NO8/c1-3-5-7-9-11-13-15-17-18-19-20-21-22-23-24-25-26-27-29-31-33-35-37-43-49(57)54-45(40-38-39-42-47-51(59)53(61)52(60)48(44-55)62-47)50(58)46(56)41-36-34-32-30-28-16-14-12-10-8-6-4-2/h38,40,45-48,50-53,55-56,58-61H,3-37,39,41-44H2,1-2H3,(H,54,57)/t45?,46?,47-,48?,50?,51?,52+,53?/m1/s1. The summed E-state index contributed by atoms with van der Waals surface area (Å²) in [6.07, 6.45) is 42.2. The van der Waals surface area contributed by atoms with E-state index >= 15 is 0 Å². The van der Waals surface area contributed by atoms with Gasteiger partial charge in [0.1, 0.15) is 30.5 Å². The lowest BCUT2D eigenvalue weighted by Gasteiger charge is -2.40. The Morgan fingerprint density at radius 3 is 1.26 bits per heavy atom. The van der Waals surface area contributed by atoms with Crippen LogP contribution in [0.3, 0.4) is 0 Å². The molecule has 0 spiro atoms. The Balaban J connectivity index is 2.30. The summed E-state index contributed by atoms with van der Waals surface area (Å²) in [5.41, 5.74) is 0. The highest BCUT2D eigenvalue weighted by Gasteiger charge is 2.42. The SMILES string of the molecule is CCCCCCCCCCCCCCCCCCCCCCCCCC(=O)NC(C=CCC[C@H]1OC(CO)[C@H](O)C(O)C1O)C(O)C(O)CCCCCCCCCCCCCC. The average Bonchev–Trinajstić information content (AvgIpc) is 3.27. The molecule has 1 aliphatic heterocycles. The Kier molecular flexibility index (Phi) is 40.5. The molecule has 368 valence electrons. The number of amides is 1. The topological polar surface area (TPSA) is 160 Å². The molecule has 1 rings (SSSR count). The van der Waals surface area contributed by atoms with Gasteiger partial charge in [-0.3, -0.25) is 4.79 Å². The van der Waals surface area contributed by atoms with Crippen molar-refractivity contribution in [2.45, 2.75) is 313 Å². The summed E-state index contributed by atoms with van der Waals surface area (Å²) in [4.78, 5) is 13.1. The predicted octanol–water partition coefficient (Wildman–Crippen LogP) is 11.8. The first-order valence-electron chi connectivity index (χ1n) is 26.9. The van der Waals surface area contributed by atoms with Crippen LogP contribution in [-0.4, -0.2) is 91.9 Å². The molecule has 0 radical (unpaired) electrons. The Labute approximate surface area is 382 Å². The van der Waals surface area contributed by atoms with Gasteiger partial charge < -0.3 is 40.7 Å². The lowest BCUT2D eigenvalue weighted by Crippen LogP contribution is -2.58. The highest BCUT2D eigenvalue weighted by molar-refractivity contribution is 5.76.